The van der Waals surface area contributed by atoms with Crippen LogP contribution in [0.25, 0.3) is 0 Å². The molecule has 0 saturated carbocycles. The summed E-state index contributed by atoms with van der Waals surface area (Å²) in [5, 5.41) is 14.6. The maximum absolute atomic E-state index is 13.1. The lowest BCUT2D eigenvalue weighted by atomic mass is 9.83. The lowest BCUT2D eigenvalue weighted by molar-refractivity contribution is -0.145. The molecule has 1 aliphatic heterocycles. The molecule has 2 atom stereocenters. The predicted molar refractivity (Wildman–Crippen MR) is 105 cm³/mol. The molecular weight excluding hydrogens is 348 g/mol. The van der Waals surface area contributed by atoms with Crippen LogP contribution in [-0.2, 0) is 9.67 Å². The number of likely N-dealkylation sites (N-methyl/N-ethyl adjacent to an activating group) is 1. The molecule has 1 amide bonds. The number of nitrogens with one attached hydrogen (secondary N) is 1. The minimum absolute atomic E-state index is 0.268. The fourth-order valence-corrected chi connectivity index (χ4v) is 5.05. The van der Waals surface area contributed by atoms with E-state index in [1.54, 1.807) is 7.11 Å². The number of carbonyl (C=O) groups is 1. The highest BCUT2D eigenvalue weighted by molar-refractivity contribution is 8.00. The number of fused-ring (bicyclic) bond motifs is 1. The number of nitrogens with zero attached hydrogens (tertiary/aromatic N) is 1. The Labute approximate surface area is 158 Å². The lowest BCUT2D eigenvalue weighted by Gasteiger charge is -2.48. The Balaban J connectivity index is 2.28. The van der Waals surface area contributed by atoms with E-state index >= 15 is 0 Å². The van der Waals surface area contributed by atoms with Crippen LogP contribution in [0.3, 0.4) is 0 Å². The normalized spacial score (nSPS) is 25.4. The molecule has 1 heterocycles. The first-order valence-electron chi connectivity index (χ1n) is 8.53. The highest BCUT2D eigenvalue weighted by Gasteiger charge is 2.59. The molecule has 2 unspecified atom stereocenters. The third-order valence-corrected chi connectivity index (χ3v) is 6.76. The number of hydrogen-bond donors (Lipinski definition) is 2. The Hall–Kier alpha value is -2.02. The molecule has 0 bridgehead atoms. The number of para-hydroxylation sites is 1. The fraction of sp³-hybridized carbons (Fsp3) is 0.350. The monoisotopic (exact) mass is 372 g/mol. The molecule has 0 spiro atoms. The predicted octanol–water partition coefficient (Wildman–Crippen LogP) is 3.30. The van der Waals surface area contributed by atoms with Gasteiger partial charge in [-0.2, -0.15) is 0 Å². The number of hydrogen-bond acceptors (Lipinski definition) is 5. The molecule has 26 heavy (non-hydrogen) atoms. The Bertz CT molecular complexity index is 809. The summed E-state index contributed by atoms with van der Waals surface area (Å²) in [6.45, 7) is 1.83. The zero-order valence-electron chi connectivity index (χ0n) is 15.4. The number of aliphatic hydroxyl groups is 1. The van der Waals surface area contributed by atoms with E-state index < -0.39 is 16.4 Å². The zero-order valence-corrected chi connectivity index (χ0v) is 16.3. The molecule has 0 aliphatic carbocycles. The molecule has 0 saturated heterocycles. The maximum atomic E-state index is 13.1. The Morgan fingerprint density at radius 1 is 1.15 bits per heavy atom. The molecule has 0 aromatic heterocycles. The second-order valence-corrected chi connectivity index (χ2v) is 7.77. The Morgan fingerprint density at radius 3 is 2.38 bits per heavy atom. The number of amides is 1. The van der Waals surface area contributed by atoms with E-state index in [1.165, 1.54) is 11.8 Å². The summed E-state index contributed by atoms with van der Waals surface area (Å²) in [4.78, 5) is 15.0. The van der Waals surface area contributed by atoms with Gasteiger partial charge in [-0.3, -0.25) is 9.69 Å². The third kappa shape index (κ3) is 2.69. The number of thioether (sulfide) groups is 1. The number of carbonyl (C=O) groups excluding carboxylic acids is 1. The number of methoxy groups -OCH3 is 1. The number of anilines is 1. The molecule has 6 heteroatoms. The van der Waals surface area contributed by atoms with Crippen LogP contribution in [0.4, 0.5) is 5.69 Å². The molecular formula is C20H24N2O3S. The summed E-state index contributed by atoms with van der Waals surface area (Å²) < 4.78 is 5.27. The quantitative estimate of drug-likeness (QED) is 0.862. The van der Waals surface area contributed by atoms with Gasteiger partial charge in [0.1, 0.15) is 10.6 Å². The highest BCUT2D eigenvalue weighted by atomic mass is 32.2. The average molecular weight is 372 g/mol. The van der Waals surface area contributed by atoms with Crippen molar-refractivity contribution in [2.45, 2.75) is 28.7 Å². The Kier molecular flexibility index (Phi) is 5.01. The minimum atomic E-state index is -1.63. The largest absolute Gasteiger partial charge is 0.497 e. The molecule has 0 fully saturated rings. The third-order valence-electron chi connectivity index (χ3n) is 4.95. The molecule has 2 N–H and O–H groups in total. The van der Waals surface area contributed by atoms with Crippen molar-refractivity contribution >= 4 is 23.4 Å². The maximum Gasteiger partial charge on any atom is 0.259 e. The summed E-state index contributed by atoms with van der Waals surface area (Å²) in [6.07, 6.45) is 0.268. The van der Waals surface area contributed by atoms with Crippen LogP contribution < -0.4 is 10.1 Å². The van der Waals surface area contributed by atoms with Gasteiger partial charge in [0, 0.05) is 4.90 Å². The van der Waals surface area contributed by atoms with Crippen LogP contribution in [0.2, 0.25) is 0 Å². The smallest absolute Gasteiger partial charge is 0.259 e. The van der Waals surface area contributed by atoms with Gasteiger partial charge in [0.05, 0.1) is 12.8 Å². The average Bonchev–Trinajstić information content (AvgIpc) is 2.75. The van der Waals surface area contributed by atoms with Gasteiger partial charge in [-0.25, -0.2) is 0 Å². The van der Waals surface area contributed by atoms with Crippen LogP contribution in [0, 0.1) is 0 Å². The second kappa shape index (κ2) is 6.95. The van der Waals surface area contributed by atoms with Crippen molar-refractivity contribution in [3.63, 3.8) is 0 Å². The Morgan fingerprint density at radius 2 is 1.81 bits per heavy atom. The number of rotatable bonds is 4. The van der Waals surface area contributed by atoms with Crippen LogP contribution in [0.15, 0.2) is 53.4 Å². The topological polar surface area (TPSA) is 61.8 Å². The molecule has 2 aromatic rings. The van der Waals surface area contributed by atoms with E-state index in [1.807, 2.05) is 74.4 Å². The SMILES string of the molecule is CCC1(O)C(=O)Nc2ccccc2SC1(c1ccc(OC)cc1)N(C)C. The second-order valence-electron chi connectivity index (χ2n) is 6.53. The van der Waals surface area contributed by atoms with E-state index in [-0.39, 0.29) is 6.42 Å². The molecule has 2 aromatic carbocycles. The van der Waals surface area contributed by atoms with Gasteiger partial charge in [-0.05, 0) is 50.3 Å². The molecule has 5 nitrogen and oxygen atoms in total. The van der Waals surface area contributed by atoms with E-state index in [0.717, 1.165) is 16.2 Å². The van der Waals surface area contributed by atoms with Gasteiger partial charge >= 0.3 is 0 Å². The zero-order chi connectivity index (χ0) is 18.9. The van der Waals surface area contributed by atoms with Crippen LogP contribution in [-0.4, -0.2) is 42.7 Å². The van der Waals surface area contributed by atoms with Crippen LogP contribution >= 0.6 is 11.8 Å². The van der Waals surface area contributed by atoms with Gasteiger partial charge < -0.3 is 15.2 Å². The molecule has 1 aliphatic rings. The number of benzene rings is 2. The van der Waals surface area contributed by atoms with Crippen molar-refractivity contribution in [1.82, 2.24) is 4.90 Å². The van der Waals surface area contributed by atoms with Crippen molar-refractivity contribution in [3.8, 4) is 5.75 Å². The number of ether oxygens (including phenoxy) is 1. The first-order chi connectivity index (χ1) is 12.4. The summed E-state index contributed by atoms with van der Waals surface area (Å²) in [7, 11) is 5.39. The summed E-state index contributed by atoms with van der Waals surface area (Å²) in [5.41, 5.74) is -0.0782. The first-order valence-corrected chi connectivity index (χ1v) is 9.34. The van der Waals surface area contributed by atoms with E-state index in [4.69, 9.17) is 4.74 Å². The summed E-state index contributed by atoms with van der Waals surface area (Å²) >= 11 is 1.49. The van der Waals surface area contributed by atoms with E-state index in [2.05, 4.69) is 5.32 Å². The summed E-state index contributed by atoms with van der Waals surface area (Å²) in [5.74, 6) is 0.327. The van der Waals surface area contributed by atoms with Crippen molar-refractivity contribution in [1.29, 1.82) is 0 Å². The fourth-order valence-electron chi connectivity index (χ4n) is 3.52. The van der Waals surface area contributed by atoms with Gasteiger partial charge in [0.25, 0.3) is 5.91 Å². The van der Waals surface area contributed by atoms with Gasteiger partial charge in [0.15, 0.2) is 5.60 Å². The van der Waals surface area contributed by atoms with Gasteiger partial charge in [-0.1, -0.05) is 43.0 Å². The molecule has 0 radical (unpaired) electrons. The van der Waals surface area contributed by atoms with Crippen molar-refractivity contribution < 1.29 is 14.6 Å². The van der Waals surface area contributed by atoms with Crippen molar-refractivity contribution in [3.05, 3.63) is 54.1 Å². The van der Waals surface area contributed by atoms with Gasteiger partial charge in [-0.15, -0.1) is 0 Å². The van der Waals surface area contributed by atoms with Crippen LogP contribution in [0.1, 0.15) is 18.9 Å². The standard InChI is InChI=1S/C20H24N2O3S/c1-5-19(24)18(23)21-16-8-6-7-9-17(16)26-20(19,22(2)3)14-10-12-15(25-4)13-11-14/h6-13,24H,5H2,1-4H3,(H,21,23). The van der Waals surface area contributed by atoms with Crippen molar-refractivity contribution in [2.75, 3.05) is 26.5 Å². The van der Waals surface area contributed by atoms with Crippen LogP contribution in [0.5, 0.6) is 5.75 Å². The minimum Gasteiger partial charge on any atom is -0.497 e. The highest BCUT2D eigenvalue weighted by Crippen LogP contribution is 2.55. The molecule has 138 valence electrons. The summed E-state index contributed by atoms with van der Waals surface area (Å²) in [6, 6.07) is 15.2. The van der Waals surface area contributed by atoms with E-state index in [9.17, 15) is 9.90 Å². The molecule has 3 rings (SSSR count). The van der Waals surface area contributed by atoms with Crippen molar-refractivity contribution in [2.24, 2.45) is 0 Å². The first kappa shape index (κ1) is 18.8. The van der Waals surface area contributed by atoms with E-state index in [0.29, 0.717) is 5.69 Å². The van der Waals surface area contributed by atoms with Gasteiger partial charge in [0.2, 0.25) is 0 Å². The lowest BCUT2D eigenvalue weighted by Crippen LogP contribution is -2.62.